The third-order valence-corrected chi connectivity index (χ3v) is 7.15. The van der Waals surface area contributed by atoms with Crippen molar-refractivity contribution in [1.82, 2.24) is 4.90 Å². The van der Waals surface area contributed by atoms with Crippen molar-refractivity contribution >= 4 is 17.8 Å². The van der Waals surface area contributed by atoms with Crippen LogP contribution in [0.1, 0.15) is 44.8 Å². The minimum Gasteiger partial charge on any atom is -0.493 e. The Morgan fingerprint density at radius 2 is 1.83 bits per heavy atom. The van der Waals surface area contributed by atoms with Crippen molar-refractivity contribution in [2.24, 2.45) is 4.99 Å². The lowest BCUT2D eigenvalue weighted by atomic mass is 9.81. The van der Waals surface area contributed by atoms with Crippen LogP contribution in [0.3, 0.4) is 0 Å². The lowest BCUT2D eigenvalue weighted by Crippen LogP contribution is -2.37. The van der Waals surface area contributed by atoms with Gasteiger partial charge in [-0.05, 0) is 25.1 Å². The van der Waals surface area contributed by atoms with E-state index < -0.39 is 12.1 Å². The number of esters is 1. The monoisotopic (exact) mass is 478 g/mol. The summed E-state index contributed by atoms with van der Waals surface area (Å²) in [6, 6.07) is 3.36. The Morgan fingerprint density at radius 1 is 1.03 bits per heavy atom. The number of cyclic esters (lactones) is 1. The molecular weight excluding hydrogens is 452 g/mol. The number of carbonyl (C=O) groups is 1. The molecule has 0 saturated heterocycles. The number of hydrogen-bond acceptors (Lipinski definition) is 9. The van der Waals surface area contributed by atoms with E-state index in [2.05, 4.69) is 16.0 Å². The normalized spacial score (nSPS) is 21.9. The Balaban J connectivity index is 1.59. The molecule has 0 spiro atoms. The number of ether oxygens (including phenoxy) is 6. The number of benzene rings is 2. The van der Waals surface area contributed by atoms with Crippen molar-refractivity contribution in [1.29, 1.82) is 0 Å². The number of methoxy groups -OCH3 is 3. The number of likely N-dealkylation sites (N-methyl/N-ethyl adjacent to an activating group) is 1. The van der Waals surface area contributed by atoms with Gasteiger partial charge in [0.05, 0.1) is 33.9 Å². The van der Waals surface area contributed by atoms with Gasteiger partial charge >= 0.3 is 5.97 Å². The number of hydrogen-bond donors (Lipinski definition) is 0. The molecule has 2 aromatic rings. The number of aliphatic imine (C=N–C) groups is 1. The lowest BCUT2D eigenvalue weighted by molar-refractivity contribution is 0.00873. The van der Waals surface area contributed by atoms with Crippen LogP contribution in [0.15, 0.2) is 23.2 Å². The second-order valence-corrected chi connectivity index (χ2v) is 8.79. The van der Waals surface area contributed by atoms with Gasteiger partial charge in [0.1, 0.15) is 11.7 Å². The van der Waals surface area contributed by atoms with Crippen LogP contribution in [0.4, 0.5) is 0 Å². The first-order valence-corrected chi connectivity index (χ1v) is 11.5. The van der Waals surface area contributed by atoms with Crippen LogP contribution < -0.4 is 23.7 Å². The van der Waals surface area contributed by atoms with Crippen LogP contribution in [0.25, 0.3) is 5.57 Å². The van der Waals surface area contributed by atoms with Crippen molar-refractivity contribution in [3.63, 3.8) is 0 Å². The van der Waals surface area contributed by atoms with Crippen molar-refractivity contribution in [2.75, 3.05) is 48.3 Å². The van der Waals surface area contributed by atoms with E-state index in [1.54, 1.807) is 20.3 Å². The highest BCUT2D eigenvalue weighted by molar-refractivity contribution is 6.14. The van der Waals surface area contributed by atoms with E-state index in [-0.39, 0.29) is 12.8 Å². The molecule has 0 fully saturated rings. The molecule has 2 atom stereocenters. The molecule has 0 aromatic heterocycles. The maximum atomic E-state index is 13.1. The Bertz CT molecular complexity index is 1300. The molecule has 2 aromatic carbocycles. The van der Waals surface area contributed by atoms with E-state index >= 15 is 0 Å². The summed E-state index contributed by atoms with van der Waals surface area (Å²) in [5.41, 5.74) is 5.15. The average molecular weight is 479 g/mol. The molecule has 0 amide bonds. The van der Waals surface area contributed by atoms with Gasteiger partial charge in [-0.3, -0.25) is 9.89 Å². The first-order chi connectivity index (χ1) is 17.1. The molecular formula is C26H26N2O7. The van der Waals surface area contributed by atoms with E-state index in [4.69, 9.17) is 28.4 Å². The zero-order chi connectivity index (χ0) is 24.3. The third kappa shape index (κ3) is 3.04. The molecule has 0 N–H and O–H groups in total. The molecule has 4 aliphatic heterocycles. The number of rotatable bonds is 5. The van der Waals surface area contributed by atoms with Crippen LogP contribution in [0, 0.1) is 0 Å². The highest BCUT2D eigenvalue weighted by Gasteiger charge is 2.47. The molecule has 4 heterocycles. The summed E-state index contributed by atoms with van der Waals surface area (Å²) in [6.45, 7) is 1.50. The molecule has 6 rings (SSSR count). The molecule has 4 aliphatic rings. The highest BCUT2D eigenvalue weighted by atomic mass is 16.7. The van der Waals surface area contributed by atoms with E-state index in [9.17, 15) is 4.79 Å². The fraction of sp³-hybridized carbons (Fsp3) is 0.385. The van der Waals surface area contributed by atoms with Gasteiger partial charge < -0.3 is 28.4 Å². The molecule has 182 valence electrons. The van der Waals surface area contributed by atoms with Gasteiger partial charge in [0, 0.05) is 35.0 Å². The number of fused-ring (bicyclic) bond motifs is 3. The predicted molar refractivity (Wildman–Crippen MR) is 127 cm³/mol. The summed E-state index contributed by atoms with van der Waals surface area (Å²) in [6.07, 6.45) is 4.16. The van der Waals surface area contributed by atoms with Crippen molar-refractivity contribution in [3.8, 4) is 28.7 Å². The summed E-state index contributed by atoms with van der Waals surface area (Å²) < 4.78 is 34.8. The molecule has 0 unspecified atom stereocenters. The van der Waals surface area contributed by atoms with E-state index in [1.807, 2.05) is 19.3 Å². The highest BCUT2D eigenvalue weighted by Crippen LogP contribution is 2.57. The molecule has 0 saturated carbocycles. The maximum Gasteiger partial charge on any atom is 0.343 e. The SMILES string of the molecule is COc1ccc2c(c1OC)C(=O)O[C@@H]2[C@H]1c2c(c(C3=CCN=C3)c3c(c2OC)OCO3)CCN1C. The van der Waals surface area contributed by atoms with E-state index in [0.717, 1.165) is 40.8 Å². The zero-order valence-electron chi connectivity index (χ0n) is 20.0. The summed E-state index contributed by atoms with van der Waals surface area (Å²) in [7, 11) is 6.72. The zero-order valence-corrected chi connectivity index (χ0v) is 20.0. The second-order valence-electron chi connectivity index (χ2n) is 8.79. The smallest absolute Gasteiger partial charge is 0.343 e. The molecule has 9 heteroatoms. The van der Waals surface area contributed by atoms with Crippen LogP contribution in [0.2, 0.25) is 0 Å². The Labute approximate surface area is 202 Å². The fourth-order valence-electron chi connectivity index (χ4n) is 5.66. The molecule has 0 bridgehead atoms. The third-order valence-electron chi connectivity index (χ3n) is 7.15. The number of nitrogens with zero attached hydrogens (tertiary/aromatic N) is 2. The Morgan fingerprint density at radius 3 is 2.54 bits per heavy atom. The van der Waals surface area contributed by atoms with Crippen molar-refractivity contribution in [3.05, 3.63) is 46.0 Å². The largest absolute Gasteiger partial charge is 0.493 e. The second kappa shape index (κ2) is 8.20. The topological polar surface area (TPSA) is 88.1 Å². The van der Waals surface area contributed by atoms with Gasteiger partial charge in [-0.1, -0.05) is 12.1 Å². The fourth-order valence-corrected chi connectivity index (χ4v) is 5.66. The van der Waals surface area contributed by atoms with Crippen LogP contribution in [-0.4, -0.2) is 65.3 Å². The first-order valence-electron chi connectivity index (χ1n) is 11.5. The minimum atomic E-state index is -0.574. The van der Waals surface area contributed by atoms with Crippen molar-refractivity contribution in [2.45, 2.75) is 18.6 Å². The molecule has 0 radical (unpaired) electrons. The Kier molecular flexibility index (Phi) is 5.10. The van der Waals surface area contributed by atoms with Gasteiger partial charge in [-0.15, -0.1) is 0 Å². The minimum absolute atomic E-state index is 0.116. The summed E-state index contributed by atoms with van der Waals surface area (Å²) in [5.74, 6) is 2.28. The molecule has 0 aliphatic carbocycles. The van der Waals surface area contributed by atoms with Crippen LogP contribution >= 0.6 is 0 Å². The maximum absolute atomic E-state index is 13.1. The molecule has 9 nitrogen and oxygen atoms in total. The van der Waals surface area contributed by atoms with E-state index in [1.165, 1.54) is 7.11 Å². The standard InChI is InChI=1S/C26H26N2O7/c1-28-10-8-14-17(13-7-9-27-11-13)24-25(34-12-33-24)23(32-4)18(14)20(28)21-15-5-6-16(30-2)22(31-3)19(15)26(29)35-21/h5-7,11,20-21H,8-10,12H2,1-4H3/t20-,21+/m1/s1. The average Bonchev–Trinajstić information content (AvgIpc) is 3.63. The van der Waals surface area contributed by atoms with E-state index in [0.29, 0.717) is 40.9 Å². The van der Waals surface area contributed by atoms with Crippen LogP contribution in [-0.2, 0) is 11.2 Å². The van der Waals surface area contributed by atoms with Crippen LogP contribution in [0.5, 0.6) is 28.7 Å². The van der Waals surface area contributed by atoms with Gasteiger partial charge in [0.15, 0.2) is 23.0 Å². The predicted octanol–water partition coefficient (Wildman–Crippen LogP) is 3.35. The van der Waals surface area contributed by atoms with Gasteiger partial charge in [-0.2, -0.15) is 0 Å². The number of allylic oxidation sites excluding steroid dienone is 1. The lowest BCUT2D eigenvalue weighted by Gasteiger charge is -2.39. The number of carbonyl (C=O) groups excluding carboxylic acids is 1. The van der Waals surface area contributed by atoms with Gasteiger partial charge in [-0.25, -0.2) is 4.79 Å². The van der Waals surface area contributed by atoms with Gasteiger partial charge in [0.25, 0.3) is 0 Å². The summed E-state index contributed by atoms with van der Waals surface area (Å²) >= 11 is 0. The van der Waals surface area contributed by atoms with Gasteiger partial charge in [0.2, 0.25) is 12.5 Å². The molecule has 35 heavy (non-hydrogen) atoms. The van der Waals surface area contributed by atoms with Crippen molar-refractivity contribution < 1.29 is 33.2 Å². The Hall–Kier alpha value is -3.72. The summed E-state index contributed by atoms with van der Waals surface area (Å²) in [5, 5.41) is 0. The first kappa shape index (κ1) is 21.8. The quantitative estimate of drug-likeness (QED) is 0.605. The summed E-state index contributed by atoms with van der Waals surface area (Å²) in [4.78, 5) is 19.7.